The minimum Gasteiger partial charge on any atom is -0.342 e. The van der Waals surface area contributed by atoms with Crippen molar-refractivity contribution in [3.05, 3.63) is 17.5 Å². The number of nitrogens with one attached hydrogen (secondary N) is 1. The third-order valence-corrected chi connectivity index (χ3v) is 4.08. The highest BCUT2D eigenvalue weighted by molar-refractivity contribution is 5.96. The van der Waals surface area contributed by atoms with Crippen molar-refractivity contribution in [2.45, 2.75) is 52.7 Å². The number of aryl methyl sites for hydroxylation is 2. The van der Waals surface area contributed by atoms with Crippen LogP contribution in [0.3, 0.4) is 0 Å². The zero-order valence-electron chi connectivity index (χ0n) is 13.4. The molecule has 6 nitrogen and oxygen atoms in total. The molecule has 2 unspecified atom stereocenters. The molecule has 2 rings (SSSR count). The van der Waals surface area contributed by atoms with Gasteiger partial charge in [-0.15, -0.1) is 0 Å². The topological polar surface area (TPSA) is 67.2 Å². The second kappa shape index (κ2) is 5.87. The summed E-state index contributed by atoms with van der Waals surface area (Å²) < 4.78 is 1.79. The Morgan fingerprint density at radius 1 is 1.38 bits per heavy atom. The van der Waals surface area contributed by atoms with Crippen LogP contribution in [0, 0.1) is 5.92 Å². The van der Waals surface area contributed by atoms with Gasteiger partial charge < -0.3 is 10.2 Å². The SMILES string of the molecule is CCc1cc(CN2C(=O)C(C(C)C)NC(=O)C2C)n(C)n1. The first-order chi connectivity index (χ1) is 9.85. The van der Waals surface area contributed by atoms with Crippen LogP contribution in [0.25, 0.3) is 0 Å². The molecule has 0 saturated carbocycles. The van der Waals surface area contributed by atoms with Crippen molar-refractivity contribution in [1.29, 1.82) is 0 Å². The van der Waals surface area contributed by atoms with Crippen molar-refractivity contribution in [3.8, 4) is 0 Å². The second-order valence-electron chi connectivity index (χ2n) is 5.98. The highest BCUT2D eigenvalue weighted by Crippen LogP contribution is 2.18. The lowest BCUT2D eigenvalue weighted by molar-refractivity contribution is -0.150. The summed E-state index contributed by atoms with van der Waals surface area (Å²) in [6.07, 6.45) is 0.854. The molecule has 1 aliphatic heterocycles. The van der Waals surface area contributed by atoms with Gasteiger partial charge in [0.15, 0.2) is 0 Å². The first-order valence-electron chi connectivity index (χ1n) is 7.47. The van der Waals surface area contributed by atoms with Crippen LogP contribution in [0.1, 0.15) is 39.1 Å². The third-order valence-electron chi connectivity index (χ3n) is 4.08. The number of piperazine rings is 1. The maximum Gasteiger partial charge on any atom is 0.246 e. The van der Waals surface area contributed by atoms with E-state index in [4.69, 9.17) is 0 Å². The van der Waals surface area contributed by atoms with Crippen molar-refractivity contribution >= 4 is 11.8 Å². The van der Waals surface area contributed by atoms with Crippen molar-refractivity contribution in [2.75, 3.05) is 0 Å². The average molecular weight is 292 g/mol. The Morgan fingerprint density at radius 2 is 2.05 bits per heavy atom. The van der Waals surface area contributed by atoms with Crippen molar-refractivity contribution in [2.24, 2.45) is 13.0 Å². The van der Waals surface area contributed by atoms with E-state index in [0.717, 1.165) is 17.8 Å². The van der Waals surface area contributed by atoms with Crippen LogP contribution in [-0.2, 0) is 29.6 Å². The van der Waals surface area contributed by atoms with Crippen LogP contribution in [-0.4, -0.2) is 38.6 Å². The molecule has 0 aliphatic carbocycles. The predicted octanol–water partition coefficient (Wildman–Crippen LogP) is 0.854. The Hall–Kier alpha value is -1.85. The van der Waals surface area contributed by atoms with Crippen LogP contribution in [0.4, 0.5) is 0 Å². The number of aromatic nitrogens is 2. The molecule has 0 spiro atoms. The molecule has 2 heterocycles. The van der Waals surface area contributed by atoms with Gasteiger partial charge in [0.25, 0.3) is 0 Å². The van der Waals surface area contributed by atoms with Gasteiger partial charge in [0.1, 0.15) is 12.1 Å². The van der Waals surface area contributed by atoms with Crippen molar-refractivity contribution < 1.29 is 9.59 Å². The van der Waals surface area contributed by atoms with Gasteiger partial charge in [-0.05, 0) is 25.3 Å². The summed E-state index contributed by atoms with van der Waals surface area (Å²) in [7, 11) is 1.87. The van der Waals surface area contributed by atoms with Gasteiger partial charge in [-0.25, -0.2) is 0 Å². The van der Waals surface area contributed by atoms with Crippen LogP contribution in [0.15, 0.2) is 6.07 Å². The molecule has 6 heteroatoms. The zero-order valence-corrected chi connectivity index (χ0v) is 13.4. The normalized spacial score (nSPS) is 22.9. The molecule has 1 aromatic rings. The summed E-state index contributed by atoms with van der Waals surface area (Å²) in [5.41, 5.74) is 1.94. The molecular weight excluding hydrogens is 268 g/mol. The highest BCUT2D eigenvalue weighted by Gasteiger charge is 2.39. The molecular formula is C15H24N4O2. The number of hydrogen-bond donors (Lipinski definition) is 1. The Labute approximate surface area is 125 Å². The van der Waals surface area contributed by atoms with Gasteiger partial charge in [0, 0.05) is 7.05 Å². The van der Waals surface area contributed by atoms with Gasteiger partial charge in [-0.3, -0.25) is 14.3 Å². The van der Waals surface area contributed by atoms with E-state index in [1.807, 2.05) is 33.9 Å². The monoisotopic (exact) mass is 292 g/mol. The molecule has 1 aliphatic rings. The molecule has 0 bridgehead atoms. The summed E-state index contributed by atoms with van der Waals surface area (Å²) in [5, 5.41) is 7.21. The third kappa shape index (κ3) is 2.94. The predicted molar refractivity (Wildman–Crippen MR) is 79.4 cm³/mol. The Balaban J connectivity index is 2.24. The number of amides is 2. The van der Waals surface area contributed by atoms with E-state index >= 15 is 0 Å². The summed E-state index contributed by atoms with van der Waals surface area (Å²) in [6, 6.07) is 1.11. The van der Waals surface area contributed by atoms with Crippen molar-refractivity contribution in [3.63, 3.8) is 0 Å². The van der Waals surface area contributed by atoms with Crippen LogP contribution < -0.4 is 5.32 Å². The minimum absolute atomic E-state index is 0.0173. The van der Waals surface area contributed by atoms with E-state index in [-0.39, 0.29) is 17.7 Å². The standard InChI is InChI=1S/C15H24N4O2/c1-6-11-7-12(18(5)17-11)8-19-10(4)14(20)16-13(9(2)3)15(19)21/h7,9-10,13H,6,8H2,1-5H3,(H,16,20). The molecule has 1 N–H and O–H groups in total. The summed E-state index contributed by atoms with van der Waals surface area (Å²) in [6.45, 7) is 8.11. The van der Waals surface area contributed by atoms with Gasteiger partial charge in [-0.2, -0.15) is 5.10 Å². The Morgan fingerprint density at radius 3 is 2.57 bits per heavy atom. The van der Waals surface area contributed by atoms with E-state index in [1.54, 1.807) is 16.5 Å². The molecule has 0 aromatic carbocycles. The molecule has 1 saturated heterocycles. The van der Waals surface area contributed by atoms with Gasteiger partial charge in [0.2, 0.25) is 11.8 Å². The average Bonchev–Trinajstić information content (AvgIpc) is 2.79. The fourth-order valence-corrected chi connectivity index (χ4v) is 2.58. The van der Waals surface area contributed by atoms with Gasteiger partial charge in [0.05, 0.1) is 17.9 Å². The first-order valence-corrected chi connectivity index (χ1v) is 7.47. The van der Waals surface area contributed by atoms with E-state index in [1.165, 1.54) is 0 Å². The number of carbonyl (C=O) groups is 2. The first kappa shape index (κ1) is 15.5. The lowest BCUT2D eigenvalue weighted by atomic mass is 9.98. The largest absolute Gasteiger partial charge is 0.342 e. The molecule has 2 amide bonds. The number of hydrogen-bond acceptors (Lipinski definition) is 3. The molecule has 116 valence electrons. The van der Waals surface area contributed by atoms with Crippen LogP contribution in [0.5, 0.6) is 0 Å². The summed E-state index contributed by atoms with van der Waals surface area (Å²) in [4.78, 5) is 26.3. The van der Waals surface area contributed by atoms with E-state index in [9.17, 15) is 9.59 Å². The van der Waals surface area contributed by atoms with E-state index < -0.39 is 12.1 Å². The number of rotatable bonds is 4. The van der Waals surface area contributed by atoms with Crippen molar-refractivity contribution in [1.82, 2.24) is 20.0 Å². The second-order valence-corrected chi connectivity index (χ2v) is 5.98. The molecule has 1 aromatic heterocycles. The highest BCUT2D eigenvalue weighted by atomic mass is 16.2. The van der Waals surface area contributed by atoms with Gasteiger partial charge in [-0.1, -0.05) is 20.8 Å². The van der Waals surface area contributed by atoms with Crippen LogP contribution >= 0.6 is 0 Å². The zero-order chi connectivity index (χ0) is 15.7. The molecule has 1 fully saturated rings. The summed E-state index contributed by atoms with van der Waals surface area (Å²) in [5.74, 6) is -0.0308. The smallest absolute Gasteiger partial charge is 0.246 e. The lowest BCUT2D eigenvalue weighted by Gasteiger charge is -2.38. The molecule has 21 heavy (non-hydrogen) atoms. The Kier molecular flexibility index (Phi) is 4.34. The number of nitrogens with zero attached hydrogens (tertiary/aromatic N) is 3. The maximum absolute atomic E-state index is 12.6. The molecule has 0 radical (unpaired) electrons. The quantitative estimate of drug-likeness (QED) is 0.895. The van der Waals surface area contributed by atoms with Gasteiger partial charge >= 0.3 is 0 Å². The number of carbonyl (C=O) groups excluding carboxylic acids is 2. The van der Waals surface area contributed by atoms with E-state index in [0.29, 0.717) is 6.54 Å². The molecule has 2 atom stereocenters. The fraction of sp³-hybridized carbons (Fsp3) is 0.667. The Bertz CT molecular complexity index is 550. The summed E-state index contributed by atoms with van der Waals surface area (Å²) >= 11 is 0. The fourth-order valence-electron chi connectivity index (χ4n) is 2.58. The lowest BCUT2D eigenvalue weighted by Crippen LogP contribution is -2.63. The van der Waals surface area contributed by atoms with E-state index in [2.05, 4.69) is 10.4 Å². The maximum atomic E-state index is 12.6. The van der Waals surface area contributed by atoms with Crippen LogP contribution in [0.2, 0.25) is 0 Å². The minimum atomic E-state index is -0.451.